The van der Waals surface area contributed by atoms with Gasteiger partial charge in [-0.3, -0.25) is 9.59 Å². The molecule has 1 atom stereocenters. The molecule has 10 heteroatoms. The fourth-order valence-corrected chi connectivity index (χ4v) is 3.19. The topological polar surface area (TPSA) is 144 Å². The van der Waals surface area contributed by atoms with E-state index in [2.05, 4.69) is 10.5 Å². The van der Waals surface area contributed by atoms with Gasteiger partial charge in [0.15, 0.2) is 5.84 Å². The zero-order chi connectivity index (χ0) is 23.0. The quantitative estimate of drug-likeness (QED) is 0.181. The van der Waals surface area contributed by atoms with Gasteiger partial charge in [-0.2, -0.15) is 0 Å². The third-order valence-electron chi connectivity index (χ3n) is 4.83. The second-order valence-electron chi connectivity index (χ2n) is 7.63. The lowest BCUT2D eigenvalue weighted by Gasteiger charge is -2.33. The molecule has 4 N–H and O–H groups in total. The van der Waals surface area contributed by atoms with E-state index in [1.165, 1.54) is 12.1 Å². The molecule has 0 aromatic heterocycles. The highest BCUT2D eigenvalue weighted by molar-refractivity contribution is 6.00. The molecule has 1 fully saturated rings. The average Bonchev–Trinajstić information content (AvgIpc) is 2.76. The van der Waals surface area contributed by atoms with E-state index in [-0.39, 0.29) is 30.6 Å². The Kier molecular flexibility index (Phi) is 8.80. The van der Waals surface area contributed by atoms with Crippen molar-refractivity contribution in [2.75, 3.05) is 19.7 Å². The first-order valence-electron chi connectivity index (χ1n) is 10.2. The first-order valence-corrected chi connectivity index (χ1v) is 10.2. The second-order valence-corrected chi connectivity index (χ2v) is 7.63. The van der Waals surface area contributed by atoms with Crippen LogP contribution in [0.15, 0.2) is 29.4 Å². The van der Waals surface area contributed by atoms with Crippen molar-refractivity contribution in [3.63, 3.8) is 0 Å². The first-order chi connectivity index (χ1) is 14.7. The van der Waals surface area contributed by atoms with E-state index < -0.39 is 17.9 Å². The van der Waals surface area contributed by atoms with E-state index in [1.807, 2.05) is 0 Å². The number of carbonyl (C=O) groups is 3. The summed E-state index contributed by atoms with van der Waals surface area (Å²) in [4.78, 5) is 38.3. The van der Waals surface area contributed by atoms with Gasteiger partial charge < -0.3 is 30.6 Å². The number of nitrogens with one attached hydrogen (secondary N) is 1. The van der Waals surface area contributed by atoms with Gasteiger partial charge in [-0.05, 0) is 45.7 Å². The number of carbonyl (C=O) groups excluding carboxylic acids is 3. The van der Waals surface area contributed by atoms with Crippen molar-refractivity contribution in [2.24, 2.45) is 10.9 Å². The van der Waals surface area contributed by atoms with Crippen LogP contribution in [-0.2, 0) is 19.1 Å². The highest BCUT2D eigenvalue weighted by Crippen LogP contribution is 2.15. The number of amides is 2. The molecule has 0 saturated carbocycles. The summed E-state index contributed by atoms with van der Waals surface area (Å²) < 4.78 is 10.6. The van der Waals surface area contributed by atoms with Crippen LogP contribution in [0.5, 0.6) is 0 Å². The summed E-state index contributed by atoms with van der Waals surface area (Å²) in [5.41, 5.74) is 6.34. The van der Waals surface area contributed by atoms with Gasteiger partial charge >= 0.3 is 5.97 Å². The van der Waals surface area contributed by atoms with Crippen LogP contribution in [0.25, 0.3) is 0 Å². The number of hydrogen-bond donors (Lipinski definition) is 3. The third-order valence-corrected chi connectivity index (χ3v) is 4.83. The SMILES string of the molecule is CC(C)OC(=O)COC1CCN(C(=O)[C@H](C)NC(=O)c2ccc(/C(N)=N/O)cc2)CC1. The minimum Gasteiger partial charge on any atom is -0.461 e. The molecule has 2 amide bonds. The van der Waals surface area contributed by atoms with Gasteiger partial charge in [0.2, 0.25) is 5.91 Å². The van der Waals surface area contributed by atoms with Crippen LogP contribution >= 0.6 is 0 Å². The number of hydrogen-bond acceptors (Lipinski definition) is 7. The van der Waals surface area contributed by atoms with Gasteiger partial charge in [0.05, 0.1) is 12.2 Å². The number of esters is 1. The van der Waals surface area contributed by atoms with Crippen molar-refractivity contribution in [3.05, 3.63) is 35.4 Å². The molecule has 1 heterocycles. The van der Waals surface area contributed by atoms with E-state index in [1.54, 1.807) is 37.8 Å². The largest absolute Gasteiger partial charge is 0.461 e. The lowest BCUT2D eigenvalue weighted by molar-refractivity contribution is -0.156. The molecule has 1 aliphatic heterocycles. The molecular formula is C21H30N4O6. The molecule has 10 nitrogen and oxygen atoms in total. The molecule has 0 bridgehead atoms. The summed E-state index contributed by atoms with van der Waals surface area (Å²) in [6.45, 7) is 6.06. The fourth-order valence-electron chi connectivity index (χ4n) is 3.19. The van der Waals surface area contributed by atoms with E-state index in [0.29, 0.717) is 37.1 Å². The summed E-state index contributed by atoms with van der Waals surface area (Å²) in [5.74, 6) is -1.03. The van der Waals surface area contributed by atoms with Crippen molar-refractivity contribution < 1.29 is 29.1 Å². The minimum absolute atomic E-state index is 0.0558. The Labute approximate surface area is 181 Å². The first kappa shape index (κ1) is 24.1. The lowest BCUT2D eigenvalue weighted by atomic mass is 10.1. The molecular weight excluding hydrogens is 404 g/mol. The predicted molar refractivity (Wildman–Crippen MR) is 113 cm³/mol. The lowest BCUT2D eigenvalue weighted by Crippen LogP contribution is -2.50. The molecule has 1 saturated heterocycles. The van der Waals surface area contributed by atoms with Crippen molar-refractivity contribution >= 4 is 23.6 Å². The maximum atomic E-state index is 12.7. The molecule has 1 aromatic rings. The van der Waals surface area contributed by atoms with E-state index in [4.69, 9.17) is 20.4 Å². The Balaban J connectivity index is 1.79. The van der Waals surface area contributed by atoms with Crippen LogP contribution in [0.4, 0.5) is 0 Å². The van der Waals surface area contributed by atoms with Crippen LogP contribution in [0.3, 0.4) is 0 Å². The molecule has 1 aromatic carbocycles. The number of piperidine rings is 1. The van der Waals surface area contributed by atoms with E-state index in [0.717, 1.165) is 0 Å². The molecule has 0 aliphatic carbocycles. The summed E-state index contributed by atoms with van der Waals surface area (Å²) in [6, 6.07) is 5.48. The molecule has 0 spiro atoms. The number of amidine groups is 1. The monoisotopic (exact) mass is 434 g/mol. The smallest absolute Gasteiger partial charge is 0.332 e. The van der Waals surface area contributed by atoms with Crippen molar-refractivity contribution in [1.29, 1.82) is 0 Å². The van der Waals surface area contributed by atoms with Crippen LogP contribution in [0.2, 0.25) is 0 Å². The van der Waals surface area contributed by atoms with E-state index in [9.17, 15) is 14.4 Å². The zero-order valence-corrected chi connectivity index (χ0v) is 18.0. The Morgan fingerprint density at radius 2 is 1.74 bits per heavy atom. The van der Waals surface area contributed by atoms with Crippen LogP contribution in [0.1, 0.15) is 49.5 Å². The Morgan fingerprint density at radius 3 is 2.29 bits per heavy atom. The Bertz CT molecular complexity index is 801. The van der Waals surface area contributed by atoms with Gasteiger partial charge in [-0.25, -0.2) is 4.79 Å². The van der Waals surface area contributed by atoms with Crippen LogP contribution < -0.4 is 11.1 Å². The molecule has 31 heavy (non-hydrogen) atoms. The highest BCUT2D eigenvalue weighted by Gasteiger charge is 2.27. The van der Waals surface area contributed by atoms with E-state index >= 15 is 0 Å². The van der Waals surface area contributed by atoms with Crippen molar-refractivity contribution in [3.8, 4) is 0 Å². The maximum Gasteiger partial charge on any atom is 0.332 e. The normalized spacial score (nSPS) is 16.1. The fraction of sp³-hybridized carbons (Fsp3) is 0.524. The number of nitrogens with zero attached hydrogens (tertiary/aromatic N) is 2. The number of likely N-dealkylation sites (tertiary alicyclic amines) is 1. The number of nitrogens with two attached hydrogens (primary N) is 1. The second kappa shape index (κ2) is 11.3. The molecule has 2 rings (SSSR count). The molecule has 170 valence electrons. The summed E-state index contributed by atoms with van der Waals surface area (Å²) in [7, 11) is 0. The average molecular weight is 434 g/mol. The molecule has 1 aliphatic rings. The van der Waals surface area contributed by atoms with Gasteiger partial charge in [-0.1, -0.05) is 17.3 Å². The maximum absolute atomic E-state index is 12.7. The Morgan fingerprint density at radius 1 is 1.16 bits per heavy atom. The summed E-state index contributed by atoms with van der Waals surface area (Å²) in [5, 5.41) is 14.3. The minimum atomic E-state index is -0.699. The van der Waals surface area contributed by atoms with Crippen LogP contribution in [0, 0.1) is 0 Å². The third kappa shape index (κ3) is 7.25. The molecule has 0 unspecified atom stereocenters. The number of oxime groups is 1. The van der Waals surface area contributed by atoms with Gasteiger partial charge in [-0.15, -0.1) is 0 Å². The summed E-state index contributed by atoms with van der Waals surface area (Å²) in [6.07, 6.45) is 0.924. The number of benzene rings is 1. The van der Waals surface area contributed by atoms with Crippen LogP contribution in [-0.4, -0.2) is 71.7 Å². The molecule has 0 radical (unpaired) electrons. The highest BCUT2D eigenvalue weighted by atomic mass is 16.6. The number of ether oxygens (including phenoxy) is 2. The summed E-state index contributed by atoms with van der Waals surface area (Å²) >= 11 is 0. The zero-order valence-electron chi connectivity index (χ0n) is 18.0. The van der Waals surface area contributed by atoms with Crippen molar-refractivity contribution in [1.82, 2.24) is 10.2 Å². The van der Waals surface area contributed by atoms with Gasteiger partial charge in [0.25, 0.3) is 5.91 Å². The Hall–Kier alpha value is -3.14. The predicted octanol–water partition coefficient (Wildman–Crippen LogP) is 0.859. The standard InChI is InChI=1S/C21H30N4O6/c1-13(2)31-18(26)12-30-17-8-10-25(11-9-17)21(28)14(3)23-20(27)16-6-4-15(5-7-16)19(22)24-29/h4-7,13-14,17,29H,8-12H2,1-3H3,(H2,22,24)(H,23,27)/t14-/m0/s1. The van der Waals surface area contributed by atoms with Crippen molar-refractivity contribution in [2.45, 2.75) is 51.9 Å². The van der Waals surface area contributed by atoms with Gasteiger partial charge in [0.1, 0.15) is 12.6 Å². The number of rotatable bonds is 8. The van der Waals surface area contributed by atoms with Gasteiger partial charge in [0, 0.05) is 24.2 Å².